The summed E-state index contributed by atoms with van der Waals surface area (Å²) in [4.78, 5) is 2.33. The van der Waals surface area contributed by atoms with E-state index in [1.807, 2.05) is 12.1 Å². The lowest BCUT2D eigenvalue weighted by molar-refractivity contribution is 0.174. The summed E-state index contributed by atoms with van der Waals surface area (Å²) in [6.45, 7) is 13.6. The van der Waals surface area contributed by atoms with Crippen molar-refractivity contribution in [2.45, 2.75) is 39.2 Å². The number of rotatable bonds is 4. The summed E-state index contributed by atoms with van der Waals surface area (Å²) in [5.74, 6) is 0.271. The molecule has 21 heavy (non-hydrogen) atoms. The highest BCUT2D eigenvalue weighted by atomic mass is 35.5. The van der Waals surface area contributed by atoms with Crippen LogP contribution < -0.4 is 0 Å². The molecule has 1 aliphatic rings. The first-order valence-electron chi connectivity index (χ1n) is 7.62. The molecule has 1 N–H and O–H groups in total. The van der Waals surface area contributed by atoms with Gasteiger partial charge in [-0.25, -0.2) is 0 Å². The fraction of sp³-hybridized carbons (Fsp3) is 0.556. The van der Waals surface area contributed by atoms with Crippen LogP contribution in [-0.4, -0.2) is 35.7 Å². The van der Waals surface area contributed by atoms with Crippen molar-refractivity contribution in [3.05, 3.63) is 47.0 Å². The van der Waals surface area contributed by atoms with Gasteiger partial charge in [0.05, 0.1) is 6.10 Å². The number of aliphatic hydroxyl groups excluding tert-OH is 1. The van der Waals surface area contributed by atoms with Crippen molar-refractivity contribution in [2.24, 2.45) is 5.41 Å². The van der Waals surface area contributed by atoms with Gasteiger partial charge >= 0.3 is 0 Å². The number of hydrogen-bond acceptors (Lipinski definition) is 2. The topological polar surface area (TPSA) is 23.5 Å². The van der Waals surface area contributed by atoms with Crippen LogP contribution in [0.2, 0.25) is 5.02 Å². The van der Waals surface area contributed by atoms with Crippen molar-refractivity contribution in [1.29, 1.82) is 0 Å². The molecule has 1 fully saturated rings. The number of aliphatic hydroxyl groups is 1. The highest BCUT2D eigenvalue weighted by Crippen LogP contribution is 2.37. The zero-order chi connectivity index (χ0) is 15.6. The molecule has 1 aliphatic heterocycles. The summed E-state index contributed by atoms with van der Waals surface area (Å²) in [5, 5.41) is 10.5. The summed E-state index contributed by atoms with van der Waals surface area (Å²) >= 11 is 6.01. The second kappa shape index (κ2) is 6.51. The Balaban J connectivity index is 2.21. The van der Waals surface area contributed by atoms with E-state index in [9.17, 15) is 5.11 Å². The van der Waals surface area contributed by atoms with Crippen LogP contribution in [-0.2, 0) is 0 Å². The average molecular weight is 308 g/mol. The zero-order valence-electron chi connectivity index (χ0n) is 13.3. The molecule has 0 bridgehead atoms. The van der Waals surface area contributed by atoms with Crippen LogP contribution in [0.5, 0.6) is 0 Å². The fourth-order valence-electron chi connectivity index (χ4n) is 2.87. The van der Waals surface area contributed by atoms with Crippen molar-refractivity contribution < 1.29 is 5.11 Å². The molecule has 0 aromatic heterocycles. The highest BCUT2D eigenvalue weighted by molar-refractivity contribution is 6.30. The van der Waals surface area contributed by atoms with Gasteiger partial charge in [0.1, 0.15) is 0 Å². The van der Waals surface area contributed by atoms with Crippen molar-refractivity contribution in [3.8, 4) is 0 Å². The van der Waals surface area contributed by atoms with Gasteiger partial charge in [-0.2, -0.15) is 0 Å². The number of halogens is 1. The predicted molar refractivity (Wildman–Crippen MR) is 89.9 cm³/mol. The minimum absolute atomic E-state index is 0.0582. The quantitative estimate of drug-likeness (QED) is 0.847. The molecule has 2 rings (SSSR count). The first-order chi connectivity index (χ1) is 9.77. The highest BCUT2D eigenvalue weighted by Gasteiger charge is 2.29. The van der Waals surface area contributed by atoms with Gasteiger partial charge in [-0.1, -0.05) is 56.7 Å². The number of likely N-dealkylation sites (tertiary alicyclic amines) is 1. The molecule has 116 valence electrons. The lowest BCUT2D eigenvalue weighted by Crippen LogP contribution is -2.30. The Morgan fingerprint density at radius 3 is 2.48 bits per heavy atom. The Kier molecular flexibility index (Phi) is 5.13. The average Bonchev–Trinajstić information content (AvgIpc) is 2.81. The van der Waals surface area contributed by atoms with E-state index in [1.54, 1.807) is 0 Å². The van der Waals surface area contributed by atoms with Crippen LogP contribution in [0, 0.1) is 5.41 Å². The van der Waals surface area contributed by atoms with Gasteiger partial charge in [-0.15, -0.1) is 0 Å². The summed E-state index contributed by atoms with van der Waals surface area (Å²) in [5.41, 5.74) is 2.54. The van der Waals surface area contributed by atoms with E-state index in [2.05, 4.69) is 44.4 Å². The third kappa shape index (κ3) is 4.32. The lowest BCUT2D eigenvalue weighted by atomic mass is 9.76. The largest absolute Gasteiger partial charge is 0.392 e. The van der Waals surface area contributed by atoms with Crippen LogP contribution >= 0.6 is 11.6 Å². The van der Waals surface area contributed by atoms with Crippen molar-refractivity contribution in [2.75, 3.05) is 19.6 Å². The predicted octanol–water partition coefficient (Wildman–Crippen LogP) is 4.09. The normalized spacial score (nSPS) is 21.5. The molecule has 0 radical (unpaired) electrons. The van der Waals surface area contributed by atoms with E-state index in [-0.39, 0.29) is 17.4 Å². The first-order valence-corrected chi connectivity index (χ1v) is 8.00. The molecule has 1 heterocycles. The maximum Gasteiger partial charge on any atom is 0.0679 e. The first kappa shape index (κ1) is 16.5. The molecule has 0 spiro atoms. The molecule has 0 amide bonds. The monoisotopic (exact) mass is 307 g/mol. The summed E-state index contributed by atoms with van der Waals surface area (Å²) in [6.07, 6.45) is 0.689. The van der Waals surface area contributed by atoms with Crippen LogP contribution in [0.15, 0.2) is 36.4 Å². The Morgan fingerprint density at radius 1 is 1.38 bits per heavy atom. The maximum atomic E-state index is 9.74. The molecule has 1 unspecified atom stereocenters. The summed E-state index contributed by atoms with van der Waals surface area (Å²) < 4.78 is 0. The number of benzene rings is 1. The molecule has 0 saturated carbocycles. The van der Waals surface area contributed by atoms with Crippen molar-refractivity contribution >= 4 is 11.6 Å². The minimum Gasteiger partial charge on any atom is -0.392 e. The Bertz CT molecular complexity index is 489. The van der Waals surface area contributed by atoms with E-state index in [0.29, 0.717) is 0 Å². The fourth-order valence-corrected chi connectivity index (χ4v) is 3.00. The van der Waals surface area contributed by atoms with E-state index in [4.69, 9.17) is 11.6 Å². The van der Waals surface area contributed by atoms with Gasteiger partial charge in [-0.3, -0.25) is 4.90 Å². The van der Waals surface area contributed by atoms with E-state index >= 15 is 0 Å². The molecule has 3 heteroatoms. The minimum atomic E-state index is -0.182. The second-order valence-corrected chi connectivity index (χ2v) is 7.52. The van der Waals surface area contributed by atoms with Gasteiger partial charge in [0.2, 0.25) is 0 Å². The molecule has 1 aromatic carbocycles. The lowest BCUT2D eigenvalue weighted by Gasteiger charge is -2.33. The van der Waals surface area contributed by atoms with Crippen LogP contribution in [0.3, 0.4) is 0 Å². The van der Waals surface area contributed by atoms with Gasteiger partial charge in [0, 0.05) is 30.6 Å². The maximum absolute atomic E-state index is 9.74. The third-order valence-corrected chi connectivity index (χ3v) is 4.60. The zero-order valence-corrected chi connectivity index (χ0v) is 14.0. The molecule has 0 aliphatic carbocycles. The summed E-state index contributed by atoms with van der Waals surface area (Å²) in [7, 11) is 0. The Morgan fingerprint density at radius 2 is 2.00 bits per heavy atom. The third-order valence-electron chi connectivity index (χ3n) is 4.34. The van der Waals surface area contributed by atoms with Gasteiger partial charge < -0.3 is 5.11 Å². The van der Waals surface area contributed by atoms with Crippen molar-refractivity contribution in [1.82, 2.24) is 4.90 Å². The number of β-amino-alcohol motifs (C(OH)–C–C–N with tert-alkyl or cyclic N) is 1. The molecule has 1 aromatic rings. The Hall–Kier alpha value is -0.830. The number of nitrogens with zero attached hydrogens (tertiary/aromatic N) is 1. The molecule has 2 nitrogen and oxygen atoms in total. The van der Waals surface area contributed by atoms with Gasteiger partial charge in [0.15, 0.2) is 0 Å². The molecular formula is C18H26ClNO. The van der Waals surface area contributed by atoms with Gasteiger partial charge in [-0.05, 0) is 29.5 Å². The number of hydrogen-bond donors (Lipinski definition) is 1. The molecular weight excluding hydrogens is 282 g/mol. The molecule has 2 atom stereocenters. The molecule has 1 saturated heterocycles. The van der Waals surface area contributed by atoms with Gasteiger partial charge in [0.25, 0.3) is 0 Å². The van der Waals surface area contributed by atoms with Crippen molar-refractivity contribution in [3.63, 3.8) is 0 Å². The Labute approximate surface area is 133 Å². The summed E-state index contributed by atoms with van der Waals surface area (Å²) in [6, 6.07) is 8.07. The smallest absolute Gasteiger partial charge is 0.0679 e. The standard InChI is InChI=1S/C18H26ClNO/c1-13(18(2,3)4)17(12-20-10-9-16(21)11-20)14-5-7-15(19)8-6-14/h5-8,16-17,21H,1,9-12H2,2-4H3/t16-,17?/m0/s1. The van der Waals surface area contributed by atoms with Crippen LogP contribution in [0.4, 0.5) is 0 Å². The van der Waals surface area contributed by atoms with E-state index < -0.39 is 0 Å². The second-order valence-electron chi connectivity index (χ2n) is 7.08. The SMILES string of the molecule is C=C(C(CN1CC[C@H](O)C1)c1ccc(Cl)cc1)C(C)(C)C. The van der Waals surface area contributed by atoms with Crippen LogP contribution in [0.25, 0.3) is 0 Å². The van der Waals surface area contributed by atoms with E-state index in [1.165, 1.54) is 11.1 Å². The van der Waals surface area contributed by atoms with Crippen LogP contribution in [0.1, 0.15) is 38.7 Å². The van der Waals surface area contributed by atoms with E-state index in [0.717, 1.165) is 31.1 Å².